The molecule has 4 heteroatoms. The van der Waals surface area contributed by atoms with Crippen molar-refractivity contribution in [3.63, 3.8) is 0 Å². The summed E-state index contributed by atoms with van der Waals surface area (Å²) in [4.78, 5) is 0. The van der Waals surface area contributed by atoms with Gasteiger partial charge in [0.1, 0.15) is 0 Å². The lowest BCUT2D eigenvalue weighted by molar-refractivity contribution is 0.757. The molecule has 21 heavy (non-hydrogen) atoms. The first-order valence-electron chi connectivity index (χ1n) is 6.75. The summed E-state index contributed by atoms with van der Waals surface area (Å²) in [6, 6.07) is 17.7. The van der Waals surface area contributed by atoms with Gasteiger partial charge in [-0.15, -0.1) is 0 Å². The van der Waals surface area contributed by atoms with E-state index in [0.717, 1.165) is 34.7 Å². The lowest BCUT2D eigenvalue weighted by Crippen LogP contribution is -2.09. The molecule has 1 heterocycles. The minimum atomic E-state index is 0.717. The Labute approximate surface area is 128 Å². The number of benzene rings is 2. The molecular formula is C17H14ClN3. The van der Waals surface area contributed by atoms with Crippen LogP contribution in [0.25, 0.3) is 10.9 Å². The Morgan fingerprint density at radius 2 is 2.00 bits per heavy atom. The number of anilines is 1. The van der Waals surface area contributed by atoms with E-state index in [9.17, 15) is 0 Å². The predicted octanol–water partition coefficient (Wildman–Crippen LogP) is 4.28. The lowest BCUT2D eigenvalue weighted by Gasteiger charge is -2.09. The fourth-order valence-corrected chi connectivity index (χ4v) is 2.63. The Kier molecular flexibility index (Phi) is 3.81. The van der Waals surface area contributed by atoms with E-state index in [0.29, 0.717) is 5.56 Å². The summed E-state index contributed by atoms with van der Waals surface area (Å²) in [5.74, 6) is 0. The van der Waals surface area contributed by atoms with E-state index >= 15 is 0 Å². The number of hydrogen-bond donors (Lipinski definition) is 1. The maximum absolute atomic E-state index is 9.11. The summed E-state index contributed by atoms with van der Waals surface area (Å²) in [5.41, 5.74) is 2.81. The highest BCUT2D eigenvalue weighted by Gasteiger charge is 2.04. The van der Waals surface area contributed by atoms with Crippen LogP contribution in [0.3, 0.4) is 0 Å². The van der Waals surface area contributed by atoms with Crippen molar-refractivity contribution >= 4 is 28.2 Å². The number of aromatic nitrogens is 1. The van der Waals surface area contributed by atoms with Gasteiger partial charge in [0, 0.05) is 40.9 Å². The van der Waals surface area contributed by atoms with Gasteiger partial charge >= 0.3 is 0 Å². The van der Waals surface area contributed by atoms with Crippen molar-refractivity contribution in [2.45, 2.75) is 6.54 Å². The van der Waals surface area contributed by atoms with Crippen LogP contribution in [0.2, 0.25) is 5.02 Å². The van der Waals surface area contributed by atoms with Gasteiger partial charge in [0.2, 0.25) is 0 Å². The third-order valence-corrected chi connectivity index (χ3v) is 3.68. The highest BCUT2D eigenvalue weighted by Crippen LogP contribution is 2.20. The van der Waals surface area contributed by atoms with Gasteiger partial charge in [-0.2, -0.15) is 5.26 Å². The molecule has 0 spiro atoms. The third kappa shape index (κ3) is 2.86. The number of rotatable bonds is 4. The minimum absolute atomic E-state index is 0.717. The highest BCUT2D eigenvalue weighted by molar-refractivity contribution is 6.30. The zero-order valence-corrected chi connectivity index (χ0v) is 12.1. The fraction of sp³-hybridized carbons (Fsp3) is 0.118. The molecular weight excluding hydrogens is 282 g/mol. The second kappa shape index (κ2) is 5.90. The van der Waals surface area contributed by atoms with Crippen LogP contribution in [0, 0.1) is 11.3 Å². The maximum Gasteiger partial charge on any atom is 0.0998 e. The number of halogens is 1. The maximum atomic E-state index is 9.11. The molecule has 2 aromatic carbocycles. The van der Waals surface area contributed by atoms with E-state index in [4.69, 9.17) is 16.9 Å². The Morgan fingerprint density at radius 1 is 1.14 bits per heavy atom. The number of nitrogens with zero attached hydrogens (tertiary/aromatic N) is 2. The fourth-order valence-electron chi connectivity index (χ4n) is 2.44. The van der Waals surface area contributed by atoms with Gasteiger partial charge < -0.3 is 9.88 Å². The average Bonchev–Trinajstić information content (AvgIpc) is 2.91. The van der Waals surface area contributed by atoms with Gasteiger partial charge in [0.15, 0.2) is 0 Å². The number of nitrogens with one attached hydrogen (secondary N) is 1. The molecule has 0 atom stereocenters. The minimum Gasteiger partial charge on any atom is -0.383 e. The second-order valence-corrected chi connectivity index (χ2v) is 5.23. The van der Waals surface area contributed by atoms with Crippen molar-refractivity contribution in [1.29, 1.82) is 5.26 Å². The number of hydrogen-bond acceptors (Lipinski definition) is 2. The quantitative estimate of drug-likeness (QED) is 0.780. The van der Waals surface area contributed by atoms with Crippen LogP contribution in [-0.4, -0.2) is 11.1 Å². The van der Waals surface area contributed by atoms with E-state index < -0.39 is 0 Å². The van der Waals surface area contributed by atoms with Gasteiger partial charge in [-0.1, -0.05) is 23.7 Å². The van der Waals surface area contributed by atoms with E-state index in [1.165, 1.54) is 0 Å². The molecule has 0 aliphatic rings. The van der Waals surface area contributed by atoms with Crippen LogP contribution in [0.4, 0.5) is 5.69 Å². The summed E-state index contributed by atoms with van der Waals surface area (Å²) in [6.07, 6.45) is 2.02. The molecule has 104 valence electrons. The number of nitriles is 1. The largest absolute Gasteiger partial charge is 0.383 e. The van der Waals surface area contributed by atoms with E-state index in [1.807, 2.05) is 54.7 Å². The molecule has 0 unspecified atom stereocenters. The molecule has 0 fully saturated rings. The van der Waals surface area contributed by atoms with Gasteiger partial charge in [0.05, 0.1) is 11.6 Å². The van der Waals surface area contributed by atoms with Gasteiger partial charge in [-0.05, 0) is 36.4 Å². The predicted molar refractivity (Wildman–Crippen MR) is 86.6 cm³/mol. The first-order chi connectivity index (χ1) is 10.3. The summed E-state index contributed by atoms with van der Waals surface area (Å²) < 4.78 is 2.15. The Bertz CT molecular complexity index is 814. The van der Waals surface area contributed by atoms with E-state index in [1.54, 1.807) is 0 Å². The SMILES string of the molecule is N#Cc1cccc2c1ccn2CCNc1cccc(Cl)c1. The monoisotopic (exact) mass is 295 g/mol. The summed E-state index contributed by atoms with van der Waals surface area (Å²) in [6.45, 7) is 1.62. The first-order valence-corrected chi connectivity index (χ1v) is 7.13. The molecule has 1 aromatic heterocycles. The smallest absolute Gasteiger partial charge is 0.0998 e. The van der Waals surface area contributed by atoms with Gasteiger partial charge in [-0.3, -0.25) is 0 Å². The third-order valence-electron chi connectivity index (χ3n) is 3.44. The van der Waals surface area contributed by atoms with Crippen LogP contribution in [-0.2, 0) is 6.54 Å². The van der Waals surface area contributed by atoms with Crippen LogP contribution in [0.1, 0.15) is 5.56 Å². The lowest BCUT2D eigenvalue weighted by atomic mass is 10.1. The second-order valence-electron chi connectivity index (χ2n) is 4.80. The normalized spacial score (nSPS) is 10.5. The van der Waals surface area contributed by atoms with Crippen LogP contribution in [0.15, 0.2) is 54.7 Å². The van der Waals surface area contributed by atoms with Crippen LogP contribution >= 0.6 is 11.6 Å². The molecule has 0 radical (unpaired) electrons. The van der Waals surface area contributed by atoms with E-state index in [2.05, 4.69) is 16.0 Å². The Morgan fingerprint density at radius 3 is 2.81 bits per heavy atom. The molecule has 0 saturated carbocycles. The van der Waals surface area contributed by atoms with Crippen molar-refractivity contribution in [2.75, 3.05) is 11.9 Å². The molecule has 3 nitrogen and oxygen atoms in total. The highest BCUT2D eigenvalue weighted by atomic mass is 35.5. The topological polar surface area (TPSA) is 40.8 Å². The molecule has 0 saturated heterocycles. The average molecular weight is 296 g/mol. The molecule has 1 N–H and O–H groups in total. The Balaban J connectivity index is 1.73. The summed E-state index contributed by atoms with van der Waals surface area (Å²) in [5, 5.41) is 14.2. The van der Waals surface area contributed by atoms with Crippen molar-refractivity contribution in [3.05, 3.63) is 65.3 Å². The van der Waals surface area contributed by atoms with Gasteiger partial charge in [-0.25, -0.2) is 0 Å². The molecule has 3 rings (SSSR count). The number of fused-ring (bicyclic) bond motifs is 1. The molecule has 0 aliphatic carbocycles. The zero-order valence-electron chi connectivity index (χ0n) is 11.4. The van der Waals surface area contributed by atoms with Crippen molar-refractivity contribution in [1.82, 2.24) is 4.57 Å². The first kappa shape index (κ1) is 13.5. The van der Waals surface area contributed by atoms with Crippen molar-refractivity contribution in [2.24, 2.45) is 0 Å². The zero-order chi connectivity index (χ0) is 14.7. The van der Waals surface area contributed by atoms with Crippen LogP contribution in [0.5, 0.6) is 0 Å². The molecule has 0 bridgehead atoms. The van der Waals surface area contributed by atoms with E-state index in [-0.39, 0.29) is 0 Å². The molecule has 0 aliphatic heterocycles. The summed E-state index contributed by atoms with van der Waals surface area (Å²) in [7, 11) is 0. The van der Waals surface area contributed by atoms with Gasteiger partial charge in [0.25, 0.3) is 0 Å². The molecule has 0 amide bonds. The molecule has 3 aromatic rings. The standard InChI is InChI=1S/C17H14ClN3/c18-14-4-2-5-15(11-14)20-8-10-21-9-7-16-13(12-19)3-1-6-17(16)21/h1-7,9,11,20H,8,10H2. The summed E-state index contributed by atoms with van der Waals surface area (Å²) >= 11 is 5.96. The van der Waals surface area contributed by atoms with Crippen molar-refractivity contribution < 1.29 is 0 Å². The van der Waals surface area contributed by atoms with Crippen LogP contribution < -0.4 is 5.32 Å². The Hall–Kier alpha value is -2.44. The van der Waals surface area contributed by atoms with Crippen molar-refractivity contribution in [3.8, 4) is 6.07 Å².